The van der Waals surface area contributed by atoms with E-state index < -0.39 is 9.84 Å². The van der Waals surface area contributed by atoms with Gasteiger partial charge in [0.1, 0.15) is 10.8 Å². The van der Waals surface area contributed by atoms with Crippen LogP contribution >= 0.6 is 0 Å². The van der Waals surface area contributed by atoms with Gasteiger partial charge in [-0.1, -0.05) is 6.92 Å². The highest BCUT2D eigenvalue weighted by Gasteiger charge is 2.20. The number of pyridine rings is 1. The first-order valence-electron chi connectivity index (χ1n) is 9.55. The van der Waals surface area contributed by atoms with Gasteiger partial charge in [0.05, 0.1) is 35.2 Å². The maximum absolute atomic E-state index is 13.2. The third-order valence-electron chi connectivity index (χ3n) is 5.01. The number of carbonyl (C=O) groups is 1. The number of H-pyrrole nitrogens is 1. The Kier molecular flexibility index (Phi) is 5.32. The first kappa shape index (κ1) is 20.7. The highest BCUT2D eigenvalue weighted by atomic mass is 32.2. The number of sulfone groups is 1. The fraction of sp³-hybridized carbons (Fsp3) is 0.190. The Bertz CT molecular complexity index is 1360. The summed E-state index contributed by atoms with van der Waals surface area (Å²) in [7, 11) is -3.37. The highest BCUT2D eigenvalue weighted by molar-refractivity contribution is 7.90. The average Bonchev–Trinajstić information content (AvgIpc) is 3.39. The van der Waals surface area contributed by atoms with Gasteiger partial charge in [0.15, 0.2) is 9.84 Å². The molecule has 160 valence electrons. The fourth-order valence-corrected chi connectivity index (χ4v) is 4.00. The van der Waals surface area contributed by atoms with Crippen LogP contribution in [0.25, 0.3) is 16.6 Å². The van der Waals surface area contributed by atoms with Crippen LogP contribution in [0.5, 0.6) is 0 Å². The van der Waals surface area contributed by atoms with Gasteiger partial charge in [-0.25, -0.2) is 17.5 Å². The number of nitrogens with zero attached hydrogens (tertiary/aromatic N) is 3. The smallest absolute Gasteiger partial charge is 0.254 e. The van der Waals surface area contributed by atoms with Crippen molar-refractivity contribution >= 4 is 26.6 Å². The molecule has 0 saturated carbocycles. The molecule has 0 radical (unpaired) electrons. The van der Waals surface area contributed by atoms with Gasteiger partial charge in [-0.3, -0.25) is 9.78 Å². The lowest BCUT2D eigenvalue weighted by atomic mass is 10.1. The summed E-state index contributed by atoms with van der Waals surface area (Å²) >= 11 is 0. The number of halogens is 1. The van der Waals surface area contributed by atoms with E-state index in [1.165, 1.54) is 24.4 Å². The van der Waals surface area contributed by atoms with E-state index in [2.05, 4.69) is 20.4 Å². The highest BCUT2D eigenvalue weighted by Crippen LogP contribution is 2.24. The third kappa shape index (κ3) is 4.06. The zero-order chi connectivity index (χ0) is 22.2. The summed E-state index contributed by atoms with van der Waals surface area (Å²) in [6.07, 6.45) is 7.87. The summed E-state index contributed by atoms with van der Waals surface area (Å²) in [6.45, 7) is 1.89. The second kappa shape index (κ2) is 7.95. The number of nitrogens with one attached hydrogen (secondary N) is 2. The molecule has 0 aliphatic rings. The van der Waals surface area contributed by atoms with E-state index in [-0.39, 0.29) is 22.8 Å². The molecule has 4 rings (SSSR count). The van der Waals surface area contributed by atoms with Crippen molar-refractivity contribution in [2.75, 3.05) is 6.26 Å². The number of aromatic nitrogens is 4. The lowest BCUT2D eigenvalue weighted by Crippen LogP contribution is -2.28. The quantitative estimate of drug-likeness (QED) is 0.478. The zero-order valence-corrected chi connectivity index (χ0v) is 17.6. The first-order valence-corrected chi connectivity index (χ1v) is 11.4. The predicted octanol–water partition coefficient (Wildman–Crippen LogP) is 3.17. The van der Waals surface area contributed by atoms with E-state index in [9.17, 15) is 17.6 Å². The molecule has 3 heterocycles. The van der Waals surface area contributed by atoms with Gasteiger partial charge >= 0.3 is 0 Å². The number of benzene rings is 1. The Morgan fingerprint density at radius 2 is 1.97 bits per heavy atom. The second-order valence-corrected chi connectivity index (χ2v) is 9.14. The Morgan fingerprint density at radius 1 is 1.23 bits per heavy atom. The van der Waals surface area contributed by atoms with E-state index in [0.29, 0.717) is 34.1 Å². The van der Waals surface area contributed by atoms with Gasteiger partial charge in [0.2, 0.25) is 0 Å². The molecule has 0 bridgehead atoms. The molecule has 3 aromatic heterocycles. The number of aromatic amines is 1. The van der Waals surface area contributed by atoms with Crippen molar-refractivity contribution in [1.29, 1.82) is 0 Å². The summed E-state index contributed by atoms with van der Waals surface area (Å²) in [5.74, 6) is -0.710. The standard InChI is InChI=1S/C21H20FN5O3S/c1-3-18(13-8-20(24-9-13)31(2,29)30)26-21(28)17-10-23-12-19-16(17)11-25-27(19)15-6-4-14(22)5-7-15/h4-12,18,24H,3H2,1-2H3,(H,26,28)/t18-/m0/s1. The predicted molar refractivity (Wildman–Crippen MR) is 113 cm³/mol. The summed E-state index contributed by atoms with van der Waals surface area (Å²) in [6, 6.07) is 6.98. The van der Waals surface area contributed by atoms with Crippen LogP contribution in [0.1, 0.15) is 35.3 Å². The lowest BCUT2D eigenvalue weighted by molar-refractivity contribution is 0.0937. The van der Waals surface area contributed by atoms with Crippen molar-refractivity contribution in [3.8, 4) is 5.69 Å². The fourth-order valence-electron chi connectivity index (χ4n) is 3.37. The summed E-state index contributed by atoms with van der Waals surface area (Å²) in [4.78, 5) is 19.9. The van der Waals surface area contributed by atoms with Crippen molar-refractivity contribution in [3.63, 3.8) is 0 Å². The number of rotatable bonds is 6. The van der Waals surface area contributed by atoms with Crippen molar-refractivity contribution in [1.82, 2.24) is 25.1 Å². The molecular formula is C21H20FN5O3S. The first-order chi connectivity index (χ1) is 14.8. The van der Waals surface area contributed by atoms with Crippen LogP contribution in [0.15, 0.2) is 60.1 Å². The molecular weight excluding hydrogens is 421 g/mol. The van der Waals surface area contributed by atoms with E-state index in [0.717, 1.165) is 6.26 Å². The Labute approximate surface area is 178 Å². The molecule has 0 unspecified atom stereocenters. The van der Waals surface area contributed by atoms with Crippen molar-refractivity contribution in [2.45, 2.75) is 24.4 Å². The van der Waals surface area contributed by atoms with Crippen LogP contribution in [0.4, 0.5) is 4.39 Å². The van der Waals surface area contributed by atoms with Crippen molar-refractivity contribution in [3.05, 3.63) is 72.1 Å². The molecule has 0 aliphatic heterocycles. The number of hydrogen-bond donors (Lipinski definition) is 2. The molecule has 8 nitrogen and oxygen atoms in total. The van der Waals surface area contributed by atoms with Crippen molar-refractivity contribution < 1.29 is 17.6 Å². The maximum atomic E-state index is 13.2. The van der Waals surface area contributed by atoms with Crippen molar-refractivity contribution in [2.24, 2.45) is 0 Å². The van der Waals surface area contributed by atoms with Gasteiger partial charge in [0.25, 0.3) is 5.91 Å². The molecule has 4 aromatic rings. The average molecular weight is 441 g/mol. The van der Waals surface area contributed by atoms with Gasteiger partial charge in [-0.15, -0.1) is 0 Å². The zero-order valence-electron chi connectivity index (χ0n) is 16.8. The molecule has 0 fully saturated rings. The monoisotopic (exact) mass is 441 g/mol. The Morgan fingerprint density at radius 3 is 2.61 bits per heavy atom. The van der Waals surface area contributed by atoms with Gasteiger partial charge in [-0.05, 0) is 42.3 Å². The van der Waals surface area contributed by atoms with Crippen LogP contribution < -0.4 is 5.32 Å². The van der Waals surface area contributed by atoms with Gasteiger partial charge in [-0.2, -0.15) is 5.10 Å². The van der Waals surface area contributed by atoms with E-state index in [1.54, 1.807) is 35.4 Å². The summed E-state index contributed by atoms with van der Waals surface area (Å²) in [5.41, 5.74) is 2.25. The minimum Gasteiger partial charge on any atom is -0.352 e. The molecule has 0 aliphatic carbocycles. The molecule has 31 heavy (non-hydrogen) atoms. The largest absolute Gasteiger partial charge is 0.352 e. The van der Waals surface area contributed by atoms with Crippen LogP contribution in [0.3, 0.4) is 0 Å². The Balaban J connectivity index is 1.64. The molecule has 1 aromatic carbocycles. The molecule has 10 heteroatoms. The topological polar surface area (TPSA) is 110 Å². The number of carbonyl (C=O) groups excluding carboxylic acids is 1. The van der Waals surface area contributed by atoms with Gasteiger partial charge in [0, 0.05) is 24.0 Å². The summed E-state index contributed by atoms with van der Waals surface area (Å²) in [5, 5.41) is 7.95. The molecule has 0 saturated heterocycles. The third-order valence-corrected chi connectivity index (χ3v) is 6.04. The number of fused-ring (bicyclic) bond motifs is 1. The van der Waals surface area contributed by atoms with Crippen LogP contribution in [-0.2, 0) is 9.84 Å². The van der Waals surface area contributed by atoms with Crippen LogP contribution in [-0.4, -0.2) is 40.3 Å². The van der Waals surface area contributed by atoms with E-state index >= 15 is 0 Å². The van der Waals surface area contributed by atoms with Crippen LogP contribution in [0, 0.1) is 5.82 Å². The number of hydrogen-bond acceptors (Lipinski definition) is 5. The molecule has 0 spiro atoms. The van der Waals surface area contributed by atoms with E-state index in [4.69, 9.17) is 0 Å². The lowest BCUT2D eigenvalue weighted by Gasteiger charge is -2.16. The minimum atomic E-state index is -3.37. The second-order valence-electron chi connectivity index (χ2n) is 7.16. The van der Waals surface area contributed by atoms with Crippen LogP contribution in [0.2, 0.25) is 0 Å². The number of amides is 1. The maximum Gasteiger partial charge on any atom is 0.254 e. The molecule has 2 N–H and O–H groups in total. The van der Waals surface area contributed by atoms with E-state index in [1.807, 2.05) is 6.92 Å². The molecule has 1 atom stereocenters. The molecule has 1 amide bonds. The Hall–Kier alpha value is -3.53. The summed E-state index contributed by atoms with van der Waals surface area (Å²) < 4.78 is 38.3. The minimum absolute atomic E-state index is 0.0968. The normalized spacial score (nSPS) is 12.7. The SMILES string of the molecule is CC[C@H](NC(=O)c1cncc2c1cnn2-c1ccc(F)cc1)c1c[nH]c(S(C)(=O)=O)c1. The van der Waals surface area contributed by atoms with Gasteiger partial charge < -0.3 is 10.3 Å².